The van der Waals surface area contributed by atoms with Crippen LogP contribution in [-0.4, -0.2) is 19.9 Å². The maximum atomic E-state index is 6.57. The van der Waals surface area contributed by atoms with Gasteiger partial charge in [-0.3, -0.25) is 0 Å². The lowest BCUT2D eigenvalue weighted by Gasteiger charge is -2.12. The summed E-state index contributed by atoms with van der Waals surface area (Å²) in [5, 5.41) is 5.95. The molecule has 0 amide bonds. The summed E-state index contributed by atoms with van der Waals surface area (Å²) in [5.74, 6) is 2.23. The molecule has 11 rings (SSSR count). The Labute approximate surface area is 309 Å². The van der Waals surface area contributed by atoms with E-state index in [-0.39, 0.29) is 0 Å². The van der Waals surface area contributed by atoms with Gasteiger partial charge in [-0.25, -0.2) is 19.9 Å². The van der Waals surface area contributed by atoms with Crippen LogP contribution in [0, 0.1) is 0 Å². The topological polar surface area (TPSA) is 77.8 Å². The Morgan fingerprint density at radius 3 is 1.70 bits per heavy atom. The van der Waals surface area contributed by atoms with Crippen molar-refractivity contribution in [2.75, 3.05) is 0 Å². The van der Waals surface area contributed by atoms with Crippen LogP contribution in [0.25, 0.3) is 111 Å². The van der Waals surface area contributed by atoms with Gasteiger partial charge < -0.3 is 8.83 Å². The molecule has 0 aliphatic heterocycles. The molecular formula is C48H28N4O2. The van der Waals surface area contributed by atoms with Crippen LogP contribution in [0.5, 0.6) is 0 Å². The van der Waals surface area contributed by atoms with Crippen molar-refractivity contribution in [3.63, 3.8) is 0 Å². The number of rotatable bonds is 5. The van der Waals surface area contributed by atoms with Crippen molar-refractivity contribution in [1.29, 1.82) is 0 Å². The van der Waals surface area contributed by atoms with Crippen LogP contribution < -0.4 is 0 Å². The molecule has 0 radical (unpaired) electrons. The van der Waals surface area contributed by atoms with Gasteiger partial charge in [-0.15, -0.1) is 0 Å². The first-order valence-corrected chi connectivity index (χ1v) is 17.9. The first kappa shape index (κ1) is 30.2. The number of hydrogen-bond donors (Lipinski definition) is 0. The maximum Gasteiger partial charge on any atom is 0.227 e. The summed E-state index contributed by atoms with van der Waals surface area (Å²) in [6.07, 6.45) is 0. The van der Waals surface area contributed by atoms with Crippen LogP contribution in [0.1, 0.15) is 0 Å². The van der Waals surface area contributed by atoms with E-state index in [2.05, 4.69) is 84.9 Å². The smallest absolute Gasteiger partial charge is 0.227 e. The number of benzene rings is 8. The molecule has 0 bridgehead atoms. The Balaban J connectivity index is 1.19. The third-order valence-electron chi connectivity index (χ3n) is 10.2. The van der Waals surface area contributed by atoms with Gasteiger partial charge in [-0.2, -0.15) is 0 Å². The van der Waals surface area contributed by atoms with E-state index in [0.717, 1.165) is 88.0 Å². The van der Waals surface area contributed by atoms with E-state index in [1.165, 1.54) is 0 Å². The van der Waals surface area contributed by atoms with E-state index >= 15 is 0 Å². The first-order valence-electron chi connectivity index (χ1n) is 17.9. The molecule has 0 N–H and O–H groups in total. The van der Waals surface area contributed by atoms with Crippen molar-refractivity contribution in [2.45, 2.75) is 0 Å². The molecule has 0 saturated heterocycles. The van der Waals surface area contributed by atoms with Gasteiger partial charge in [0.2, 0.25) is 5.89 Å². The van der Waals surface area contributed by atoms with Crippen molar-refractivity contribution in [3.05, 3.63) is 170 Å². The van der Waals surface area contributed by atoms with Gasteiger partial charge in [0.05, 0.1) is 0 Å². The molecule has 0 atom stereocenters. The van der Waals surface area contributed by atoms with E-state index in [9.17, 15) is 0 Å². The highest BCUT2D eigenvalue weighted by Crippen LogP contribution is 2.42. The van der Waals surface area contributed by atoms with E-state index in [0.29, 0.717) is 23.4 Å². The van der Waals surface area contributed by atoms with Gasteiger partial charge in [-0.1, -0.05) is 140 Å². The maximum absolute atomic E-state index is 6.57. The lowest BCUT2D eigenvalue weighted by atomic mass is 9.99. The highest BCUT2D eigenvalue weighted by molar-refractivity contribution is 6.21. The monoisotopic (exact) mass is 692 g/mol. The molecule has 6 nitrogen and oxygen atoms in total. The van der Waals surface area contributed by atoms with Crippen LogP contribution in [0.2, 0.25) is 0 Å². The van der Waals surface area contributed by atoms with Crippen molar-refractivity contribution < 1.29 is 8.83 Å². The predicted octanol–water partition coefficient (Wildman–Crippen LogP) is 12.6. The minimum atomic E-state index is 0.540. The third kappa shape index (κ3) is 4.89. The normalized spacial score (nSPS) is 11.7. The van der Waals surface area contributed by atoms with E-state index in [1.54, 1.807) is 0 Å². The summed E-state index contributed by atoms with van der Waals surface area (Å²) < 4.78 is 13.0. The molecule has 252 valence electrons. The van der Waals surface area contributed by atoms with Gasteiger partial charge in [-0.05, 0) is 52.2 Å². The number of para-hydroxylation sites is 1. The number of nitrogens with zero attached hydrogens (tertiary/aromatic N) is 4. The van der Waals surface area contributed by atoms with Crippen LogP contribution in [0.15, 0.2) is 179 Å². The van der Waals surface area contributed by atoms with Crippen LogP contribution in [0.4, 0.5) is 0 Å². The lowest BCUT2D eigenvalue weighted by Crippen LogP contribution is -2.01. The summed E-state index contributed by atoms with van der Waals surface area (Å²) in [6, 6.07) is 57.6. The Morgan fingerprint density at radius 1 is 0.352 bits per heavy atom. The average Bonchev–Trinajstić information content (AvgIpc) is 3.87. The quantitative estimate of drug-likeness (QED) is 0.179. The Hall–Kier alpha value is -7.44. The molecule has 0 saturated carbocycles. The Bertz CT molecular complexity index is 3200. The Morgan fingerprint density at radius 2 is 0.926 bits per heavy atom. The molecule has 54 heavy (non-hydrogen) atoms. The SMILES string of the molecule is c1ccc(-c2ccc(-c3nc(-c4cc5nc(-c6ccccc6)oc5c5ccccc45)nc(-c4cc5ccccc5c5oc6ccccc6c45)n3)cc2)cc1. The van der Waals surface area contributed by atoms with Gasteiger partial charge in [0.25, 0.3) is 0 Å². The molecule has 8 aromatic carbocycles. The van der Waals surface area contributed by atoms with Gasteiger partial charge in [0, 0.05) is 43.8 Å². The second kappa shape index (κ2) is 12.1. The van der Waals surface area contributed by atoms with Gasteiger partial charge in [0.15, 0.2) is 23.1 Å². The minimum Gasteiger partial charge on any atom is -0.455 e. The number of hydrogen-bond acceptors (Lipinski definition) is 6. The fraction of sp³-hybridized carbons (Fsp3) is 0. The molecule has 11 aromatic rings. The fourth-order valence-corrected chi connectivity index (χ4v) is 7.57. The van der Waals surface area contributed by atoms with Crippen molar-refractivity contribution in [1.82, 2.24) is 19.9 Å². The number of oxazole rings is 1. The van der Waals surface area contributed by atoms with Gasteiger partial charge >= 0.3 is 0 Å². The fourth-order valence-electron chi connectivity index (χ4n) is 7.57. The molecule has 3 heterocycles. The van der Waals surface area contributed by atoms with Crippen molar-refractivity contribution in [2.24, 2.45) is 0 Å². The summed E-state index contributed by atoms with van der Waals surface area (Å²) in [6.45, 7) is 0. The molecule has 0 aliphatic rings. The lowest BCUT2D eigenvalue weighted by molar-refractivity contribution is 0.623. The van der Waals surface area contributed by atoms with E-state index in [4.69, 9.17) is 28.8 Å². The zero-order chi connectivity index (χ0) is 35.6. The summed E-state index contributed by atoms with van der Waals surface area (Å²) in [4.78, 5) is 20.7. The highest BCUT2D eigenvalue weighted by atomic mass is 16.3. The predicted molar refractivity (Wildman–Crippen MR) is 217 cm³/mol. The molecule has 0 aliphatic carbocycles. The zero-order valence-electron chi connectivity index (χ0n) is 28.8. The largest absolute Gasteiger partial charge is 0.455 e. The summed E-state index contributed by atoms with van der Waals surface area (Å²) in [7, 11) is 0. The Kier molecular flexibility index (Phi) is 6.75. The molecule has 3 aromatic heterocycles. The van der Waals surface area contributed by atoms with Gasteiger partial charge in [0.1, 0.15) is 16.7 Å². The van der Waals surface area contributed by atoms with Crippen LogP contribution in [-0.2, 0) is 0 Å². The first-order chi connectivity index (χ1) is 26.7. The number of furan rings is 1. The molecule has 0 spiro atoms. The number of fused-ring (bicyclic) bond motifs is 8. The van der Waals surface area contributed by atoms with Crippen molar-refractivity contribution in [3.8, 4) is 56.7 Å². The standard InChI is InChI=1S/C48H28N4O2/c1-3-13-29(14-4-1)30-23-25-31(26-24-30)45-50-46(38-28-40-43(36-20-10-9-19-35(36)38)54-48(49-40)32-15-5-2-6-16-32)52-47(51-45)39-27-33-17-7-8-18-34(33)44-42(39)37-21-11-12-22-41(37)53-44/h1-28H. The zero-order valence-corrected chi connectivity index (χ0v) is 28.8. The minimum absolute atomic E-state index is 0.540. The van der Waals surface area contributed by atoms with E-state index in [1.807, 2.05) is 84.9 Å². The van der Waals surface area contributed by atoms with Crippen LogP contribution >= 0.6 is 0 Å². The second-order valence-electron chi connectivity index (χ2n) is 13.4. The van der Waals surface area contributed by atoms with Crippen LogP contribution in [0.3, 0.4) is 0 Å². The van der Waals surface area contributed by atoms with Crippen molar-refractivity contribution >= 4 is 54.6 Å². The summed E-state index contributed by atoms with van der Waals surface area (Å²) in [5.41, 5.74) is 8.84. The number of aromatic nitrogens is 4. The molecule has 6 heteroatoms. The molecule has 0 unspecified atom stereocenters. The summed E-state index contributed by atoms with van der Waals surface area (Å²) >= 11 is 0. The molecular weight excluding hydrogens is 665 g/mol. The van der Waals surface area contributed by atoms with E-state index < -0.39 is 0 Å². The highest BCUT2D eigenvalue weighted by Gasteiger charge is 2.22. The third-order valence-corrected chi connectivity index (χ3v) is 10.2. The second-order valence-corrected chi connectivity index (χ2v) is 13.4. The average molecular weight is 693 g/mol. The molecule has 0 fully saturated rings.